The molecule has 0 aliphatic heterocycles. The zero-order valence-electron chi connectivity index (χ0n) is 14.8. The third-order valence-electron chi connectivity index (χ3n) is 3.89. The lowest BCUT2D eigenvalue weighted by molar-refractivity contribution is -0.162. The number of aromatic nitrogens is 5. The average molecular weight is 392 g/mol. The lowest BCUT2D eigenvalue weighted by atomic mass is 10.2. The molecule has 0 aliphatic rings. The highest BCUT2D eigenvalue weighted by Crippen LogP contribution is 2.32. The topological polar surface area (TPSA) is 94.8 Å². The molecule has 0 fully saturated rings. The summed E-state index contributed by atoms with van der Waals surface area (Å²) in [7, 11) is 1.38. The number of halogens is 3. The summed E-state index contributed by atoms with van der Waals surface area (Å²) in [5, 5.41) is 9.85. The molecule has 8 nitrogen and oxygen atoms in total. The molecule has 0 saturated carbocycles. The lowest BCUT2D eigenvalue weighted by Crippen LogP contribution is -2.24. The molecule has 0 unspecified atom stereocenters. The summed E-state index contributed by atoms with van der Waals surface area (Å²) in [6, 6.07) is 5.77. The smallest absolute Gasteiger partial charge is 0.408 e. The van der Waals surface area contributed by atoms with Gasteiger partial charge in [0.15, 0.2) is 5.82 Å². The number of nitrogens with one attached hydrogen (secondary N) is 1. The third-order valence-corrected chi connectivity index (χ3v) is 3.89. The molecule has 0 aliphatic carbocycles. The maximum Gasteiger partial charge on any atom is 0.408 e. The summed E-state index contributed by atoms with van der Waals surface area (Å²) in [5.74, 6) is -0.336. The molecule has 3 rings (SSSR count). The largest absolute Gasteiger partial charge is 0.480 e. The number of amides is 1. The molecule has 3 heterocycles. The Balaban J connectivity index is 1.88. The van der Waals surface area contributed by atoms with Crippen molar-refractivity contribution in [2.75, 3.05) is 12.4 Å². The van der Waals surface area contributed by atoms with Crippen molar-refractivity contribution < 1.29 is 22.7 Å². The van der Waals surface area contributed by atoms with E-state index in [0.717, 1.165) is 17.8 Å². The van der Waals surface area contributed by atoms with Gasteiger partial charge < -0.3 is 14.6 Å². The van der Waals surface area contributed by atoms with Gasteiger partial charge in [0.1, 0.15) is 29.4 Å². The van der Waals surface area contributed by atoms with Crippen molar-refractivity contribution in [1.29, 1.82) is 0 Å². The van der Waals surface area contributed by atoms with Crippen LogP contribution in [0.5, 0.6) is 5.88 Å². The van der Waals surface area contributed by atoms with Gasteiger partial charge in [0.2, 0.25) is 5.88 Å². The zero-order valence-corrected chi connectivity index (χ0v) is 14.8. The first kappa shape index (κ1) is 19.3. The fourth-order valence-electron chi connectivity index (χ4n) is 2.41. The van der Waals surface area contributed by atoms with Crippen LogP contribution in [0.1, 0.15) is 23.3 Å². The van der Waals surface area contributed by atoms with Gasteiger partial charge in [0.05, 0.1) is 7.11 Å². The molecule has 0 radical (unpaired) electrons. The normalized spacial score (nSPS) is 12.5. The van der Waals surface area contributed by atoms with Crippen LogP contribution in [0.3, 0.4) is 0 Å². The van der Waals surface area contributed by atoms with E-state index in [1.807, 2.05) is 0 Å². The highest BCUT2D eigenvalue weighted by molar-refractivity contribution is 6.05. The van der Waals surface area contributed by atoms with E-state index in [2.05, 4.69) is 25.5 Å². The predicted molar refractivity (Wildman–Crippen MR) is 92.8 cm³/mol. The van der Waals surface area contributed by atoms with Crippen molar-refractivity contribution in [3.63, 3.8) is 0 Å². The molecule has 0 spiro atoms. The van der Waals surface area contributed by atoms with Crippen molar-refractivity contribution in [1.82, 2.24) is 24.7 Å². The number of hydrogen-bond donors (Lipinski definition) is 1. The van der Waals surface area contributed by atoms with Gasteiger partial charge in [0, 0.05) is 6.20 Å². The maximum absolute atomic E-state index is 13.0. The zero-order chi connectivity index (χ0) is 20.3. The van der Waals surface area contributed by atoms with Crippen molar-refractivity contribution >= 4 is 11.7 Å². The molecule has 1 N–H and O–H groups in total. The number of alkyl halides is 3. The van der Waals surface area contributed by atoms with Crippen LogP contribution in [0.2, 0.25) is 0 Å². The van der Waals surface area contributed by atoms with Crippen LogP contribution in [0.15, 0.2) is 42.9 Å². The highest BCUT2D eigenvalue weighted by Gasteiger charge is 2.38. The minimum atomic E-state index is -4.47. The van der Waals surface area contributed by atoms with E-state index in [-0.39, 0.29) is 28.8 Å². The number of pyridine rings is 2. The molecule has 146 valence electrons. The molecular formula is C17H15F3N6O2. The Morgan fingerprint density at radius 2 is 2.04 bits per heavy atom. The Kier molecular flexibility index (Phi) is 5.25. The number of hydrogen-bond acceptors (Lipinski definition) is 6. The molecule has 0 aromatic carbocycles. The summed E-state index contributed by atoms with van der Waals surface area (Å²) in [6.45, 7) is 0.993. The van der Waals surface area contributed by atoms with E-state index >= 15 is 0 Å². The standard InChI is InChI=1S/C17H15F3N6O2/c1-10(17(18,19)20)26-9-22-25-14(26)12-6-3-7-13(23-12)24-15(27)11-5-4-8-21-16(11)28-2/h3-10H,1-2H3,(H,23,24,27)/t10-/m1/s1. The Hall–Kier alpha value is -3.50. The Bertz CT molecular complexity index is 989. The number of nitrogens with zero attached hydrogens (tertiary/aromatic N) is 5. The number of methoxy groups -OCH3 is 1. The molecule has 3 aromatic heterocycles. The molecule has 28 heavy (non-hydrogen) atoms. The van der Waals surface area contributed by atoms with E-state index in [0.29, 0.717) is 0 Å². The van der Waals surface area contributed by atoms with Gasteiger partial charge in [0.25, 0.3) is 5.91 Å². The fourth-order valence-corrected chi connectivity index (χ4v) is 2.41. The fraction of sp³-hybridized carbons (Fsp3) is 0.235. The van der Waals surface area contributed by atoms with Crippen LogP contribution >= 0.6 is 0 Å². The number of anilines is 1. The Labute approximate surface area is 157 Å². The molecular weight excluding hydrogens is 377 g/mol. The van der Waals surface area contributed by atoms with Gasteiger partial charge in [-0.2, -0.15) is 13.2 Å². The van der Waals surface area contributed by atoms with Gasteiger partial charge >= 0.3 is 6.18 Å². The van der Waals surface area contributed by atoms with Crippen LogP contribution in [-0.2, 0) is 0 Å². The number of ether oxygens (including phenoxy) is 1. The van der Waals surface area contributed by atoms with E-state index in [1.54, 1.807) is 6.07 Å². The van der Waals surface area contributed by atoms with E-state index in [9.17, 15) is 18.0 Å². The van der Waals surface area contributed by atoms with Gasteiger partial charge in [-0.15, -0.1) is 10.2 Å². The van der Waals surface area contributed by atoms with E-state index in [1.165, 1.54) is 37.6 Å². The Morgan fingerprint density at radius 3 is 2.75 bits per heavy atom. The highest BCUT2D eigenvalue weighted by atomic mass is 19.4. The van der Waals surface area contributed by atoms with Gasteiger partial charge in [-0.1, -0.05) is 6.07 Å². The molecule has 1 amide bonds. The van der Waals surface area contributed by atoms with Crippen molar-refractivity contribution in [3.05, 3.63) is 48.4 Å². The van der Waals surface area contributed by atoms with Crippen molar-refractivity contribution in [2.45, 2.75) is 19.1 Å². The lowest BCUT2D eigenvalue weighted by Gasteiger charge is -2.18. The average Bonchev–Trinajstić information content (AvgIpc) is 3.16. The maximum atomic E-state index is 13.0. The number of rotatable bonds is 5. The molecule has 11 heteroatoms. The molecule has 3 aromatic rings. The SMILES string of the molecule is COc1ncccc1C(=O)Nc1cccc(-c2nncn2[C@H](C)C(F)(F)F)n1. The van der Waals surface area contributed by atoms with Crippen LogP contribution in [0.25, 0.3) is 11.5 Å². The number of carbonyl (C=O) groups is 1. The summed E-state index contributed by atoms with van der Waals surface area (Å²) in [5.41, 5.74) is 0.315. The van der Waals surface area contributed by atoms with E-state index < -0.39 is 18.1 Å². The second kappa shape index (κ2) is 7.62. The summed E-state index contributed by atoms with van der Waals surface area (Å²) in [6.07, 6.45) is -2.01. The van der Waals surface area contributed by atoms with E-state index in [4.69, 9.17) is 4.74 Å². The van der Waals surface area contributed by atoms with Crippen LogP contribution in [-0.4, -0.2) is 43.9 Å². The quantitative estimate of drug-likeness (QED) is 0.717. The predicted octanol–water partition coefficient (Wildman–Crippen LogP) is 3.12. The van der Waals surface area contributed by atoms with Gasteiger partial charge in [-0.05, 0) is 31.2 Å². The minimum absolute atomic E-state index is 0.0696. The summed E-state index contributed by atoms with van der Waals surface area (Å²) < 4.78 is 45.1. The first-order valence-electron chi connectivity index (χ1n) is 8.05. The van der Waals surface area contributed by atoms with Crippen LogP contribution in [0, 0.1) is 0 Å². The first-order chi connectivity index (χ1) is 13.3. The van der Waals surface area contributed by atoms with Crippen LogP contribution < -0.4 is 10.1 Å². The van der Waals surface area contributed by atoms with Crippen molar-refractivity contribution in [3.8, 4) is 17.4 Å². The van der Waals surface area contributed by atoms with Crippen LogP contribution in [0.4, 0.5) is 19.0 Å². The molecule has 0 bridgehead atoms. The van der Waals surface area contributed by atoms with Crippen molar-refractivity contribution in [2.24, 2.45) is 0 Å². The second-order valence-corrected chi connectivity index (χ2v) is 5.70. The van der Waals surface area contributed by atoms with Gasteiger partial charge in [-0.25, -0.2) is 9.97 Å². The summed E-state index contributed by atoms with van der Waals surface area (Å²) in [4.78, 5) is 20.6. The molecule has 0 saturated heterocycles. The molecule has 1 atom stereocenters. The first-order valence-corrected chi connectivity index (χ1v) is 8.05. The number of carbonyl (C=O) groups excluding carboxylic acids is 1. The Morgan fingerprint density at radius 1 is 1.25 bits per heavy atom. The third kappa shape index (κ3) is 3.92. The van der Waals surface area contributed by atoms with Gasteiger partial charge in [-0.3, -0.25) is 4.79 Å². The monoisotopic (exact) mass is 392 g/mol. The second-order valence-electron chi connectivity index (χ2n) is 5.70. The summed E-state index contributed by atoms with van der Waals surface area (Å²) >= 11 is 0. The minimum Gasteiger partial charge on any atom is -0.480 e.